The molecule has 3 aromatic rings. The topological polar surface area (TPSA) is 98.2 Å². The lowest BCUT2D eigenvalue weighted by Gasteiger charge is -2.39. The van der Waals surface area contributed by atoms with Crippen LogP contribution in [0.1, 0.15) is 54.2 Å². The van der Waals surface area contributed by atoms with Crippen molar-refractivity contribution in [3.05, 3.63) is 48.2 Å². The summed E-state index contributed by atoms with van der Waals surface area (Å²) in [5, 5.41) is 4.36. The Hall–Kier alpha value is -3.03. The molecule has 1 saturated carbocycles. The van der Waals surface area contributed by atoms with E-state index in [0.29, 0.717) is 30.4 Å². The zero-order valence-corrected chi connectivity index (χ0v) is 16.4. The first-order valence-electron chi connectivity index (χ1n) is 10.1. The predicted molar refractivity (Wildman–Crippen MR) is 103 cm³/mol. The highest BCUT2D eigenvalue weighted by Gasteiger charge is 2.45. The smallest absolute Gasteiger partial charge is 0.291 e. The standard InChI is InChI=1S/C21H23N5O3/c1-14-17(28-13-23-14)19(27)26-10-6-21(7-11-26,12-15-2-3-15)20-24-18(29-25-20)16-4-8-22-9-5-16/h4-5,8-9,13,15H,2-3,6-7,10-12H2,1H3. The van der Waals surface area contributed by atoms with Gasteiger partial charge >= 0.3 is 0 Å². The van der Waals surface area contributed by atoms with Gasteiger partial charge in [0.05, 0.1) is 5.69 Å². The average Bonchev–Trinajstić information content (AvgIpc) is 3.24. The molecular weight excluding hydrogens is 370 g/mol. The van der Waals surface area contributed by atoms with Crippen molar-refractivity contribution in [3.63, 3.8) is 0 Å². The van der Waals surface area contributed by atoms with Crippen LogP contribution in [-0.2, 0) is 5.41 Å². The lowest BCUT2D eigenvalue weighted by Crippen LogP contribution is -2.46. The Labute approximate surface area is 168 Å². The molecule has 2 aliphatic rings. The molecule has 4 heterocycles. The van der Waals surface area contributed by atoms with E-state index in [1.807, 2.05) is 17.0 Å². The van der Waals surface area contributed by atoms with Crippen LogP contribution in [0.2, 0.25) is 0 Å². The van der Waals surface area contributed by atoms with E-state index in [4.69, 9.17) is 13.9 Å². The van der Waals surface area contributed by atoms with E-state index in [2.05, 4.69) is 15.1 Å². The Kier molecular flexibility index (Phi) is 4.41. The second-order valence-corrected chi connectivity index (χ2v) is 8.15. The summed E-state index contributed by atoms with van der Waals surface area (Å²) in [7, 11) is 0. The number of carbonyl (C=O) groups excluding carboxylic acids is 1. The summed E-state index contributed by atoms with van der Waals surface area (Å²) < 4.78 is 10.9. The fraction of sp³-hybridized carbons (Fsp3) is 0.476. The van der Waals surface area contributed by atoms with Crippen LogP contribution in [-0.4, -0.2) is 44.0 Å². The van der Waals surface area contributed by atoms with Gasteiger partial charge in [0.25, 0.3) is 11.8 Å². The number of likely N-dealkylation sites (tertiary alicyclic amines) is 1. The maximum Gasteiger partial charge on any atom is 0.291 e. The van der Waals surface area contributed by atoms with Crippen LogP contribution >= 0.6 is 0 Å². The number of hydrogen-bond acceptors (Lipinski definition) is 7. The van der Waals surface area contributed by atoms with Gasteiger partial charge in [-0.1, -0.05) is 18.0 Å². The number of carbonyl (C=O) groups is 1. The molecule has 1 aliphatic carbocycles. The molecule has 150 valence electrons. The molecule has 1 aliphatic heterocycles. The van der Waals surface area contributed by atoms with Gasteiger partial charge in [0.15, 0.2) is 12.2 Å². The van der Waals surface area contributed by atoms with Crippen LogP contribution in [0.4, 0.5) is 0 Å². The second kappa shape index (κ2) is 7.09. The molecule has 0 aromatic carbocycles. The van der Waals surface area contributed by atoms with Crippen molar-refractivity contribution < 1.29 is 13.7 Å². The Bertz CT molecular complexity index is 1000. The molecule has 0 bridgehead atoms. The van der Waals surface area contributed by atoms with Crippen molar-refractivity contribution >= 4 is 5.91 Å². The monoisotopic (exact) mass is 393 g/mol. The first-order chi connectivity index (χ1) is 14.1. The third kappa shape index (κ3) is 3.43. The molecule has 1 amide bonds. The van der Waals surface area contributed by atoms with Gasteiger partial charge in [0, 0.05) is 36.5 Å². The molecule has 8 nitrogen and oxygen atoms in total. The fourth-order valence-electron chi connectivity index (χ4n) is 4.23. The molecule has 3 aromatic heterocycles. The third-order valence-corrected chi connectivity index (χ3v) is 6.15. The van der Waals surface area contributed by atoms with E-state index in [9.17, 15) is 4.79 Å². The van der Waals surface area contributed by atoms with E-state index in [-0.39, 0.29) is 11.3 Å². The second-order valence-electron chi connectivity index (χ2n) is 8.15. The Morgan fingerprint density at radius 3 is 2.66 bits per heavy atom. The molecule has 0 atom stereocenters. The Morgan fingerprint density at radius 2 is 2.00 bits per heavy atom. The van der Waals surface area contributed by atoms with Gasteiger partial charge in [-0.25, -0.2) is 4.98 Å². The van der Waals surface area contributed by atoms with Crippen LogP contribution in [0.15, 0.2) is 39.9 Å². The highest BCUT2D eigenvalue weighted by atomic mass is 16.5. The average molecular weight is 393 g/mol. The third-order valence-electron chi connectivity index (χ3n) is 6.15. The van der Waals surface area contributed by atoms with Gasteiger partial charge in [-0.3, -0.25) is 9.78 Å². The van der Waals surface area contributed by atoms with E-state index >= 15 is 0 Å². The van der Waals surface area contributed by atoms with Gasteiger partial charge in [0.1, 0.15) is 0 Å². The largest absolute Gasteiger partial charge is 0.438 e. The van der Waals surface area contributed by atoms with Crippen LogP contribution in [0.3, 0.4) is 0 Å². The normalized spacial score (nSPS) is 18.7. The summed E-state index contributed by atoms with van der Waals surface area (Å²) in [6.45, 7) is 3.08. The van der Waals surface area contributed by atoms with Crippen molar-refractivity contribution in [3.8, 4) is 11.5 Å². The zero-order valence-electron chi connectivity index (χ0n) is 16.4. The summed E-state index contributed by atoms with van der Waals surface area (Å²) in [4.78, 5) is 27.5. The lowest BCUT2D eigenvalue weighted by molar-refractivity contribution is 0.0613. The molecule has 29 heavy (non-hydrogen) atoms. The highest BCUT2D eigenvalue weighted by molar-refractivity contribution is 5.92. The molecule has 8 heteroatoms. The first kappa shape index (κ1) is 18.0. The maximum atomic E-state index is 12.8. The number of aromatic nitrogens is 4. The number of aryl methyl sites for hydroxylation is 1. The SMILES string of the molecule is Cc1ncoc1C(=O)N1CCC(CC2CC2)(c2noc(-c3ccncc3)n2)CC1. The summed E-state index contributed by atoms with van der Waals surface area (Å²) in [5.41, 5.74) is 1.35. The predicted octanol–water partition coefficient (Wildman–Crippen LogP) is 3.40. The number of rotatable bonds is 5. The van der Waals surface area contributed by atoms with Gasteiger partial charge in [-0.05, 0) is 44.2 Å². The minimum atomic E-state index is -0.150. The Balaban J connectivity index is 1.37. The van der Waals surface area contributed by atoms with Gasteiger partial charge in [-0.2, -0.15) is 4.98 Å². The molecule has 0 unspecified atom stereocenters. The molecule has 0 N–H and O–H groups in total. The van der Waals surface area contributed by atoms with Crippen LogP contribution in [0.5, 0.6) is 0 Å². The quantitative estimate of drug-likeness (QED) is 0.655. The number of amides is 1. The molecule has 5 rings (SSSR count). The Morgan fingerprint density at radius 1 is 1.24 bits per heavy atom. The molecule has 0 radical (unpaired) electrons. The summed E-state index contributed by atoms with van der Waals surface area (Å²) in [6, 6.07) is 3.73. The van der Waals surface area contributed by atoms with E-state index in [0.717, 1.165) is 36.6 Å². The van der Waals surface area contributed by atoms with Crippen molar-refractivity contribution in [2.24, 2.45) is 5.92 Å². The van der Waals surface area contributed by atoms with E-state index in [1.54, 1.807) is 19.3 Å². The fourth-order valence-corrected chi connectivity index (χ4v) is 4.23. The highest BCUT2D eigenvalue weighted by Crippen LogP contribution is 2.47. The summed E-state index contributed by atoms with van der Waals surface area (Å²) in [5.74, 6) is 2.24. The first-order valence-corrected chi connectivity index (χ1v) is 10.1. The van der Waals surface area contributed by atoms with Crippen LogP contribution in [0, 0.1) is 12.8 Å². The van der Waals surface area contributed by atoms with Gasteiger partial charge in [-0.15, -0.1) is 0 Å². The minimum Gasteiger partial charge on any atom is -0.438 e. The van der Waals surface area contributed by atoms with Crippen LogP contribution in [0.25, 0.3) is 11.5 Å². The molecule has 2 fully saturated rings. The summed E-state index contributed by atoms with van der Waals surface area (Å²) >= 11 is 0. The van der Waals surface area contributed by atoms with Crippen molar-refractivity contribution in [1.29, 1.82) is 0 Å². The maximum absolute atomic E-state index is 12.8. The van der Waals surface area contributed by atoms with Gasteiger partial charge < -0.3 is 13.8 Å². The van der Waals surface area contributed by atoms with E-state index < -0.39 is 0 Å². The van der Waals surface area contributed by atoms with Crippen molar-refractivity contribution in [2.45, 2.75) is 44.4 Å². The number of oxazole rings is 1. The van der Waals surface area contributed by atoms with Crippen molar-refractivity contribution in [1.82, 2.24) is 25.0 Å². The molecule has 1 saturated heterocycles. The van der Waals surface area contributed by atoms with E-state index in [1.165, 1.54) is 19.2 Å². The number of hydrogen-bond donors (Lipinski definition) is 0. The molecular formula is C21H23N5O3. The lowest BCUT2D eigenvalue weighted by atomic mass is 9.73. The number of pyridine rings is 1. The zero-order chi connectivity index (χ0) is 19.8. The number of nitrogens with zero attached hydrogens (tertiary/aromatic N) is 5. The van der Waals surface area contributed by atoms with Gasteiger partial charge in [0.2, 0.25) is 5.76 Å². The van der Waals surface area contributed by atoms with Crippen molar-refractivity contribution in [2.75, 3.05) is 13.1 Å². The number of piperidine rings is 1. The molecule has 0 spiro atoms. The summed E-state index contributed by atoms with van der Waals surface area (Å²) in [6.07, 6.45) is 9.96. The minimum absolute atomic E-state index is 0.0920. The van der Waals surface area contributed by atoms with Crippen LogP contribution < -0.4 is 0 Å².